The number of hydrogen-bond donors (Lipinski definition) is 0. The number of fused-ring (bicyclic) bond motifs is 5. The van der Waals surface area contributed by atoms with Crippen LogP contribution in [0.1, 0.15) is 42.7 Å². The number of ether oxygens (including phenoxy) is 4. The Hall–Kier alpha value is -1.85. The van der Waals surface area contributed by atoms with Gasteiger partial charge in [0.1, 0.15) is 18.0 Å². The zero-order chi connectivity index (χ0) is 19.1. The molecule has 0 N–H and O–H groups in total. The third-order valence-corrected chi connectivity index (χ3v) is 6.91. The van der Waals surface area contributed by atoms with Crippen LogP contribution >= 0.6 is 0 Å². The van der Waals surface area contributed by atoms with Gasteiger partial charge in [0.15, 0.2) is 0 Å². The smallest absolute Gasteiger partial charge is 0.318 e. The number of carbonyl (C=O) groups excluding carboxylic acids is 1. The van der Waals surface area contributed by atoms with E-state index >= 15 is 0 Å². The van der Waals surface area contributed by atoms with Gasteiger partial charge < -0.3 is 18.9 Å². The first-order valence-electron chi connectivity index (χ1n) is 9.69. The van der Waals surface area contributed by atoms with Gasteiger partial charge in [-0.1, -0.05) is 18.2 Å². The van der Waals surface area contributed by atoms with Crippen molar-refractivity contribution in [2.24, 2.45) is 11.3 Å². The van der Waals surface area contributed by atoms with E-state index in [0.29, 0.717) is 0 Å². The molecule has 0 aliphatic heterocycles. The highest BCUT2D eigenvalue weighted by atomic mass is 16.7. The molecule has 1 aromatic carbocycles. The normalized spacial score (nSPS) is 33.7. The van der Waals surface area contributed by atoms with Crippen molar-refractivity contribution in [3.63, 3.8) is 0 Å². The number of esters is 1. The van der Waals surface area contributed by atoms with Crippen LogP contribution in [0.25, 0.3) is 0 Å². The average molecular weight is 372 g/mol. The van der Waals surface area contributed by atoms with Crippen molar-refractivity contribution < 1.29 is 23.7 Å². The molecular formula is C22H28O5. The standard InChI is InChI=1S/C22H28O5/c1-24-14-27-22-11-4-10-21(22,20(23)26-3)12-9-18-17-7-6-16(25-2)13-15(17)5-8-19(18)22/h6-7,9,12-13,18-19H,4-5,8,10-11,14H2,1-3H3/t18-,19-,21+,22+/m1/s1. The first kappa shape index (κ1) is 18.5. The largest absolute Gasteiger partial charge is 0.497 e. The van der Waals surface area contributed by atoms with E-state index in [4.69, 9.17) is 18.9 Å². The summed E-state index contributed by atoms with van der Waals surface area (Å²) in [5.41, 5.74) is 1.35. The molecule has 4 atom stereocenters. The van der Waals surface area contributed by atoms with E-state index < -0.39 is 11.0 Å². The van der Waals surface area contributed by atoms with Crippen molar-refractivity contribution in [1.29, 1.82) is 0 Å². The zero-order valence-electron chi connectivity index (χ0n) is 16.3. The highest BCUT2D eigenvalue weighted by Gasteiger charge is 2.66. The van der Waals surface area contributed by atoms with Crippen LogP contribution in [-0.2, 0) is 25.4 Å². The highest BCUT2D eigenvalue weighted by molar-refractivity contribution is 5.82. The van der Waals surface area contributed by atoms with Crippen LogP contribution in [0.4, 0.5) is 0 Å². The van der Waals surface area contributed by atoms with E-state index in [1.165, 1.54) is 18.2 Å². The van der Waals surface area contributed by atoms with Crippen LogP contribution in [0.3, 0.4) is 0 Å². The maximum atomic E-state index is 12.9. The van der Waals surface area contributed by atoms with Crippen LogP contribution in [-0.4, -0.2) is 39.7 Å². The molecule has 0 aromatic heterocycles. The molecule has 0 bridgehead atoms. The van der Waals surface area contributed by atoms with Gasteiger partial charge in [0.05, 0.1) is 19.8 Å². The second-order valence-corrected chi connectivity index (χ2v) is 7.85. The second kappa shape index (κ2) is 6.95. The topological polar surface area (TPSA) is 54.0 Å². The van der Waals surface area contributed by atoms with Crippen LogP contribution in [0.5, 0.6) is 5.75 Å². The summed E-state index contributed by atoms with van der Waals surface area (Å²) in [4.78, 5) is 12.9. The maximum absolute atomic E-state index is 12.9. The molecule has 1 fully saturated rings. The molecule has 1 aromatic rings. The van der Waals surface area contributed by atoms with Gasteiger partial charge in [-0.25, -0.2) is 0 Å². The summed E-state index contributed by atoms with van der Waals surface area (Å²) in [6, 6.07) is 6.33. The fourth-order valence-electron chi connectivity index (χ4n) is 5.79. The van der Waals surface area contributed by atoms with Crippen LogP contribution < -0.4 is 4.74 Å². The molecule has 1 saturated carbocycles. The van der Waals surface area contributed by atoms with E-state index in [1.54, 1.807) is 14.2 Å². The number of carbonyl (C=O) groups is 1. The van der Waals surface area contributed by atoms with Gasteiger partial charge in [0.25, 0.3) is 0 Å². The van der Waals surface area contributed by atoms with Gasteiger partial charge in [-0.05, 0) is 55.4 Å². The van der Waals surface area contributed by atoms with Gasteiger partial charge in [-0.2, -0.15) is 0 Å². The number of aryl methyl sites for hydroxylation is 1. The Bertz CT molecular complexity index is 757. The Labute approximate surface area is 160 Å². The Balaban J connectivity index is 1.82. The van der Waals surface area contributed by atoms with Crippen LogP contribution in [0.2, 0.25) is 0 Å². The molecule has 0 saturated heterocycles. The molecule has 0 heterocycles. The average Bonchev–Trinajstić information content (AvgIpc) is 3.11. The van der Waals surface area contributed by atoms with E-state index in [2.05, 4.69) is 24.3 Å². The Morgan fingerprint density at radius 1 is 1.22 bits per heavy atom. The minimum atomic E-state index is -0.717. The van der Waals surface area contributed by atoms with Gasteiger partial charge >= 0.3 is 5.97 Å². The number of benzene rings is 1. The third-order valence-electron chi connectivity index (χ3n) is 6.91. The summed E-state index contributed by atoms with van der Waals surface area (Å²) >= 11 is 0. The molecule has 27 heavy (non-hydrogen) atoms. The highest BCUT2D eigenvalue weighted by Crippen LogP contribution is 2.62. The van der Waals surface area contributed by atoms with Gasteiger partial charge in [0.2, 0.25) is 0 Å². The predicted molar refractivity (Wildman–Crippen MR) is 101 cm³/mol. The summed E-state index contributed by atoms with van der Waals surface area (Å²) in [6.45, 7) is 0.186. The van der Waals surface area contributed by atoms with Crippen molar-refractivity contribution in [2.45, 2.75) is 43.6 Å². The number of hydrogen-bond acceptors (Lipinski definition) is 5. The molecule has 3 aliphatic rings. The fraction of sp³-hybridized carbons (Fsp3) is 0.591. The van der Waals surface area contributed by atoms with E-state index in [1.807, 2.05) is 6.07 Å². The molecule has 0 spiro atoms. The van der Waals surface area contributed by atoms with Crippen molar-refractivity contribution in [3.8, 4) is 5.75 Å². The van der Waals surface area contributed by atoms with Gasteiger partial charge in [-0.15, -0.1) is 0 Å². The fourth-order valence-corrected chi connectivity index (χ4v) is 5.79. The summed E-state index contributed by atoms with van der Waals surface area (Å²) in [5.74, 6) is 1.15. The SMILES string of the molecule is COCO[C@]12CCC[C@@]1(C(=O)OC)C=C[C@@H]1c3ccc(OC)cc3CC[C@H]12. The lowest BCUT2D eigenvalue weighted by molar-refractivity contribution is -0.211. The summed E-state index contributed by atoms with van der Waals surface area (Å²) in [5, 5.41) is 0. The second-order valence-electron chi connectivity index (χ2n) is 7.85. The number of allylic oxidation sites excluding steroid dienone is 1. The molecule has 5 nitrogen and oxygen atoms in total. The van der Waals surface area contributed by atoms with Gasteiger partial charge in [-0.3, -0.25) is 4.79 Å². The van der Waals surface area contributed by atoms with E-state index in [-0.39, 0.29) is 24.6 Å². The Kier molecular flexibility index (Phi) is 4.77. The number of methoxy groups -OCH3 is 3. The Morgan fingerprint density at radius 2 is 2.07 bits per heavy atom. The molecular weight excluding hydrogens is 344 g/mol. The lowest BCUT2D eigenvalue weighted by Gasteiger charge is -2.53. The van der Waals surface area contributed by atoms with Crippen molar-refractivity contribution in [3.05, 3.63) is 41.5 Å². The molecule has 4 rings (SSSR count). The van der Waals surface area contributed by atoms with Crippen molar-refractivity contribution in [2.75, 3.05) is 28.1 Å². The minimum absolute atomic E-state index is 0.186. The van der Waals surface area contributed by atoms with Crippen molar-refractivity contribution in [1.82, 2.24) is 0 Å². The molecule has 0 radical (unpaired) electrons. The van der Waals surface area contributed by atoms with Crippen molar-refractivity contribution >= 4 is 5.97 Å². The maximum Gasteiger partial charge on any atom is 0.318 e. The summed E-state index contributed by atoms with van der Waals surface area (Å²) < 4.78 is 22.3. The molecule has 5 heteroatoms. The monoisotopic (exact) mass is 372 g/mol. The molecule has 3 aliphatic carbocycles. The molecule has 0 unspecified atom stereocenters. The molecule has 0 amide bonds. The first-order valence-corrected chi connectivity index (χ1v) is 9.69. The molecule has 146 valence electrons. The van der Waals surface area contributed by atoms with E-state index in [0.717, 1.165) is 37.9 Å². The van der Waals surface area contributed by atoms with Gasteiger partial charge in [0, 0.05) is 18.9 Å². The van der Waals surface area contributed by atoms with E-state index in [9.17, 15) is 4.79 Å². The first-order chi connectivity index (χ1) is 13.1. The third kappa shape index (κ3) is 2.55. The summed E-state index contributed by atoms with van der Waals surface area (Å²) in [6.07, 6.45) is 8.77. The summed E-state index contributed by atoms with van der Waals surface area (Å²) in [7, 11) is 4.80. The van der Waals surface area contributed by atoms with Crippen LogP contribution in [0.15, 0.2) is 30.4 Å². The minimum Gasteiger partial charge on any atom is -0.497 e. The predicted octanol–water partition coefficient (Wildman–Crippen LogP) is 3.61. The zero-order valence-corrected chi connectivity index (χ0v) is 16.3. The lowest BCUT2D eigenvalue weighted by atomic mass is 9.55. The lowest BCUT2D eigenvalue weighted by Crippen LogP contribution is -2.59. The Morgan fingerprint density at radius 3 is 2.81 bits per heavy atom. The van der Waals surface area contributed by atoms with Crippen LogP contribution in [0, 0.1) is 11.3 Å². The quantitative estimate of drug-likeness (QED) is 0.449. The number of rotatable bonds is 5.